The highest BCUT2D eigenvalue weighted by Crippen LogP contribution is 2.27. The van der Waals surface area contributed by atoms with Gasteiger partial charge >= 0.3 is 0 Å². The number of nitriles is 1. The molecule has 1 N–H and O–H groups in total. The number of aromatic amines is 1. The lowest BCUT2D eigenvalue weighted by Crippen LogP contribution is -2.11. The lowest BCUT2D eigenvalue weighted by molar-refractivity contribution is 0.150. The Labute approximate surface area is 80.1 Å². The molecule has 0 radical (unpaired) electrons. The molecule has 0 bridgehead atoms. The Balaban J connectivity index is 3.47. The van der Waals surface area contributed by atoms with E-state index in [9.17, 15) is 13.6 Å². The number of alkyl halides is 2. The summed E-state index contributed by atoms with van der Waals surface area (Å²) in [7, 11) is 0. The molecule has 1 heterocycles. The summed E-state index contributed by atoms with van der Waals surface area (Å²) in [6, 6.07) is 1.53. The third kappa shape index (κ3) is 1.75. The predicted molar refractivity (Wildman–Crippen MR) is 44.4 cm³/mol. The Hall–Kier alpha value is -1.22. The van der Waals surface area contributed by atoms with E-state index in [0.717, 1.165) is 6.20 Å². The summed E-state index contributed by atoms with van der Waals surface area (Å²) < 4.78 is 24.3. The number of rotatable bonds is 1. The van der Waals surface area contributed by atoms with Crippen molar-refractivity contribution in [3.05, 3.63) is 32.2 Å². The van der Waals surface area contributed by atoms with Crippen LogP contribution in [0.4, 0.5) is 8.78 Å². The van der Waals surface area contributed by atoms with Crippen LogP contribution in [0.5, 0.6) is 0 Å². The van der Waals surface area contributed by atoms with Crippen LogP contribution >= 0.6 is 15.9 Å². The summed E-state index contributed by atoms with van der Waals surface area (Å²) >= 11 is 2.77. The number of H-pyrrole nitrogens is 1. The van der Waals surface area contributed by atoms with Crippen LogP contribution in [0.2, 0.25) is 0 Å². The highest BCUT2D eigenvalue weighted by Gasteiger charge is 2.16. The minimum absolute atomic E-state index is 0.145. The van der Waals surface area contributed by atoms with Gasteiger partial charge in [0.1, 0.15) is 11.6 Å². The largest absolute Gasteiger partial charge is 0.327 e. The van der Waals surface area contributed by atoms with E-state index in [2.05, 4.69) is 20.9 Å². The molecule has 0 saturated heterocycles. The molecule has 68 valence electrons. The Morgan fingerprint density at radius 2 is 2.23 bits per heavy atom. The number of nitrogens with one attached hydrogen (secondary N) is 1. The standard InChI is InChI=1S/C7H3BrF2N2O/c8-5-3(1-11)7(13)12-2-4(5)6(9)10/h2,6H,(H,12,13). The summed E-state index contributed by atoms with van der Waals surface area (Å²) in [5, 5.41) is 8.46. The Bertz CT molecular complexity index is 421. The Morgan fingerprint density at radius 1 is 1.62 bits per heavy atom. The quantitative estimate of drug-likeness (QED) is 0.826. The summed E-state index contributed by atoms with van der Waals surface area (Å²) in [5.74, 6) is 0. The minimum Gasteiger partial charge on any atom is -0.327 e. The van der Waals surface area contributed by atoms with Crippen molar-refractivity contribution in [3.8, 4) is 6.07 Å². The zero-order valence-corrected chi connectivity index (χ0v) is 7.73. The normalized spacial score (nSPS) is 10.1. The van der Waals surface area contributed by atoms with Gasteiger partial charge in [0.05, 0.1) is 4.47 Å². The van der Waals surface area contributed by atoms with Crippen molar-refractivity contribution >= 4 is 15.9 Å². The minimum atomic E-state index is -2.72. The van der Waals surface area contributed by atoms with Gasteiger partial charge in [-0.25, -0.2) is 8.78 Å². The van der Waals surface area contributed by atoms with Gasteiger partial charge in [0, 0.05) is 11.8 Å². The molecule has 0 amide bonds. The Morgan fingerprint density at radius 3 is 2.69 bits per heavy atom. The molecule has 6 heteroatoms. The fourth-order valence-corrected chi connectivity index (χ4v) is 1.34. The van der Waals surface area contributed by atoms with Crippen molar-refractivity contribution in [2.24, 2.45) is 0 Å². The van der Waals surface area contributed by atoms with Gasteiger partial charge in [-0.2, -0.15) is 5.26 Å². The van der Waals surface area contributed by atoms with E-state index < -0.39 is 17.5 Å². The molecule has 0 fully saturated rings. The zero-order valence-electron chi connectivity index (χ0n) is 6.14. The van der Waals surface area contributed by atoms with E-state index in [0.29, 0.717) is 0 Å². The van der Waals surface area contributed by atoms with Crippen molar-refractivity contribution in [1.29, 1.82) is 5.26 Å². The maximum Gasteiger partial charge on any atom is 0.267 e. The van der Waals surface area contributed by atoms with E-state index >= 15 is 0 Å². The van der Waals surface area contributed by atoms with Crippen LogP contribution in [-0.2, 0) is 0 Å². The summed E-state index contributed by atoms with van der Waals surface area (Å²) in [6.45, 7) is 0. The molecule has 13 heavy (non-hydrogen) atoms. The molecule has 0 aromatic carbocycles. The van der Waals surface area contributed by atoms with Crippen molar-refractivity contribution < 1.29 is 8.78 Å². The number of halogens is 3. The topological polar surface area (TPSA) is 56.6 Å². The Kier molecular flexibility index (Phi) is 2.78. The number of aromatic nitrogens is 1. The molecule has 0 spiro atoms. The lowest BCUT2D eigenvalue weighted by Gasteiger charge is -2.02. The van der Waals surface area contributed by atoms with Gasteiger partial charge in [-0.05, 0) is 15.9 Å². The summed E-state index contributed by atoms with van der Waals surface area (Å²) in [6.07, 6.45) is -1.84. The molecule has 0 saturated carbocycles. The molecule has 1 aromatic rings. The lowest BCUT2D eigenvalue weighted by atomic mass is 10.2. The fourth-order valence-electron chi connectivity index (χ4n) is 0.781. The van der Waals surface area contributed by atoms with E-state index in [1.54, 1.807) is 0 Å². The second-order valence-electron chi connectivity index (χ2n) is 2.17. The molecule has 0 atom stereocenters. The van der Waals surface area contributed by atoms with Crippen LogP contribution in [0, 0.1) is 11.3 Å². The van der Waals surface area contributed by atoms with E-state index in [-0.39, 0.29) is 10.0 Å². The van der Waals surface area contributed by atoms with Gasteiger partial charge in [-0.3, -0.25) is 4.79 Å². The highest BCUT2D eigenvalue weighted by molar-refractivity contribution is 9.10. The third-order valence-electron chi connectivity index (χ3n) is 1.41. The molecular formula is C7H3BrF2N2O. The smallest absolute Gasteiger partial charge is 0.267 e. The summed E-state index contributed by atoms with van der Waals surface area (Å²) in [4.78, 5) is 12.9. The second-order valence-corrected chi connectivity index (χ2v) is 2.97. The maximum atomic E-state index is 12.2. The first-order valence-electron chi connectivity index (χ1n) is 3.17. The molecule has 0 aliphatic heterocycles. The number of hydrogen-bond donors (Lipinski definition) is 1. The fraction of sp³-hybridized carbons (Fsp3) is 0.143. The van der Waals surface area contributed by atoms with Crippen LogP contribution in [-0.4, -0.2) is 4.98 Å². The number of pyridine rings is 1. The summed E-state index contributed by atoms with van der Waals surface area (Å²) in [5.41, 5.74) is -1.41. The van der Waals surface area contributed by atoms with Crippen LogP contribution in [0.1, 0.15) is 17.6 Å². The van der Waals surface area contributed by atoms with Crippen LogP contribution < -0.4 is 5.56 Å². The van der Waals surface area contributed by atoms with Gasteiger partial charge in [0.2, 0.25) is 0 Å². The van der Waals surface area contributed by atoms with Crippen molar-refractivity contribution in [3.63, 3.8) is 0 Å². The number of hydrogen-bond acceptors (Lipinski definition) is 2. The molecule has 0 unspecified atom stereocenters. The molecule has 0 aliphatic rings. The maximum absolute atomic E-state index is 12.2. The van der Waals surface area contributed by atoms with Crippen LogP contribution in [0.25, 0.3) is 0 Å². The van der Waals surface area contributed by atoms with Gasteiger partial charge in [-0.1, -0.05) is 0 Å². The van der Waals surface area contributed by atoms with Crippen LogP contribution in [0.15, 0.2) is 15.5 Å². The van der Waals surface area contributed by atoms with Crippen LogP contribution in [0.3, 0.4) is 0 Å². The SMILES string of the molecule is N#Cc1c(Br)c(C(F)F)c[nH]c1=O. The van der Waals surface area contributed by atoms with E-state index in [4.69, 9.17) is 5.26 Å². The average molecular weight is 249 g/mol. The van der Waals surface area contributed by atoms with Crippen molar-refractivity contribution in [2.75, 3.05) is 0 Å². The number of nitrogens with zero attached hydrogens (tertiary/aromatic N) is 1. The molecular weight excluding hydrogens is 246 g/mol. The second kappa shape index (κ2) is 3.66. The molecule has 3 nitrogen and oxygen atoms in total. The monoisotopic (exact) mass is 248 g/mol. The predicted octanol–water partition coefficient (Wildman–Crippen LogP) is 1.95. The highest BCUT2D eigenvalue weighted by atomic mass is 79.9. The van der Waals surface area contributed by atoms with Gasteiger partial charge in [-0.15, -0.1) is 0 Å². The molecule has 0 aliphatic carbocycles. The van der Waals surface area contributed by atoms with E-state index in [1.807, 2.05) is 0 Å². The third-order valence-corrected chi connectivity index (χ3v) is 2.26. The first-order chi connectivity index (χ1) is 6.07. The average Bonchev–Trinajstić information content (AvgIpc) is 2.04. The first-order valence-corrected chi connectivity index (χ1v) is 3.96. The molecule has 1 aromatic heterocycles. The zero-order chi connectivity index (χ0) is 10.0. The molecule has 1 rings (SSSR count). The first kappa shape index (κ1) is 9.86. The van der Waals surface area contributed by atoms with E-state index in [1.165, 1.54) is 6.07 Å². The van der Waals surface area contributed by atoms with Gasteiger partial charge < -0.3 is 4.98 Å². The van der Waals surface area contributed by atoms with Crippen molar-refractivity contribution in [2.45, 2.75) is 6.43 Å². The van der Waals surface area contributed by atoms with Gasteiger partial charge in [0.25, 0.3) is 12.0 Å². The van der Waals surface area contributed by atoms with Crippen molar-refractivity contribution in [1.82, 2.24) is 4.98 Å². The van der Waals surface area contributed by atoms with Gasteiger partial charge in [0.15, 0.2) is 0 Å².